The lowest BCUT2D eigenvalue weighted by Crippen LogP contribution is -1.83. The molecule has 174 valence electrons. The van der Waals surface area contributed by atoms with Crippen LogP contribution in [0.1, 0.15) is 54.4 Å². The van der Waals surface area contributed by atoms with Crippen LogP contribution in [-0.2, 0) is 0 Å². The summed E-state index contributed by atoms with van der Waals surface area (Å²) in [5, 5.41) is 20.3. The third-order valence-corrected chi connectivity index (χ3v) is 3.87. The lowest BCUT2D eigenvalue weighted by atomic mass is 9.94. The van der Waals surface area contributed by atoms with Gasteiger partial charge in [-0.25, -0.2) is 0 Å². The van der Waals surface area contributed by atoms with Crippen LogP contribution in [0.15, 0.2) is 84.9 Å². The summed E-state index contributed by atoms with van der Waals surface area (Å²) in [4.78, 5) is 0. The van der Waals surface area contributed by atoms with Crippen molar-refractivity contribution in [3.63, 3.8) is 0 Å². The van der Waals surface area contributed by atoms with Crippen LogP contribution in [0.4, 0.5) is 0 Å². The average molecular weight is 435 g/mol. The van der Waals surface area contributed by atoms with E-state index < -0.39 is 0 Å². The van der Waals surface area contributed by atoms with Crippen molar-refractivity contribution in [2.45, 2.75) is 54.4 Å². The molecule has 2 heteroatoms. The molecule has 0 unspecified atom stereocenters. The highest BCUT2D eigenvalue weighted by atomic mass is 16.3. The second kappa shape index (κ2) is 19.0. The lowest BCUT2D eigenvalue weighted by Gasteiger charge is -2.10. The summed E-state index contributed by atoms with van der Waals surface area (Å²) in [6, 6.07) is 30.2. The average Bonchev–Trinajstić information content (AvgIpc) is 2.80. The molecule has 0 spiro atoms. The molecule has 4 rings (SSSR count). The van der Waals surface area contributed by atoms with Crippen LogP contribution in [-0.4, -0.2) is 23.4 Å². The summed E-state index contributed by atoms with van der Waals surface area (Å²) >= 11 is 0. The van der Waals surface area contributed by atoms with E-state index in [-0.39, 0.29) is 13.2 Å². The largest absolute Gasteiger partial charge is 0.397 e. The first-order valence-electron chi connectivity index (χ1n) is 11.8. The Kier molecular flexibility index (Phi) is 17.4. The maximum Gasteiger partial charge on any atom is 0.0402 e. The molecule has 2 nitrogen and oxygen atoms in total. The lowest BCUT2D eigenvalue weighted by molar-refractivity contribution is 0.318. The zero-order valence-corrected chi connectivity index (χ0v) is 20.8. The molecule has 0 fully saturated rings. The van der Waals surface area contributed by atoms with E-state index in [0.717, 1.165) is 0 Å². The van der Waals surface area contributed by atoms with Crippen LogP contribution < -0.4 is 0 Å². The fourth-order valence-electron chi connectivity index (χ4n) is 2.92. The van der Waals surface area contributed by atoms with Crippen molar-refractivity contribution in [3.05, 3.63) is 84.9 Å². The number of fused-ring (bicyclic) bond motifs is 2. The first-order chi connectivity index (χ1) is 15.6. The predicted molar refractivity (Wildman–Crippen MR) is 144 cm³/mol. The van der Waals surface area contributed by atoms with E-state index >= 15 is 0 Å². The van der Waals surface area contributed by atoms with Gasteiger partial charge in [0.2, 0.25) is 0 Å². The molecule has 0 saturated carbocycles. The van der Waals surface area contributed by atoms with E-state index in [1.54, 1.807) is 13.8 Å². The minimum atomic E-state index is 0.250. The van der Waals surface area contributed by atoms with Gasteiger partial charge in [-0.3, -0.25) is 0 Å². The Morgan fingerprint density at radius 2 is 0.688 bits per heavy atom. The van der Waals surface area contributed by atoms with E-state index in [4.69, 9.17) is 10.2 Å². The molecular weight excluding hydrogens is 392 g/mol. The Bertz CT molecular complexity index is 880. The molecule has 0 bridgehead atoms. The van der Waals surface area contributed by atoms with Gasteiger partial charge in [0.25, 0.3) is 0 Å². The van der Waals surface area contributed by atoms with Gasteiger partial charge in [0.1, 0.15) is 0 Å². The van der Waals surface area contributed by atoms with Crippen LogP contribution in [0.5, 0.6) is 0 Å². The molecular formula is C30H42O2. The number of aliphatic hydroxyl groups excluding tert-OH is 2. The Morgan fingerprint density at radius 3 is 1.00 bits per heavy atom. The van der Waals surface area contributed by atoms with Gasteiger partial charge in [0.05, 0.1) is 0 Å². The zero-order chi connectivity index (χ0) is 24.2. The molecule has 0 aliphatic carbocycles. The summed E-state index contributed by atoms with van der Waals surface area (Å²) < 4.78 is 0. The third-order valence-electron chi connectivity index (χ3n) is 3.87. The molecule has 0 heterocycles. The van der Waals surface area contributed by atoms with Crippen LogP contribution in [0.25, 0.3) is 32.7 Å². The molecule has 2 N–H and O–H groups in total. The highest BCUT2D eigenvalue weighted by molar-refractivity contribution is 6.05. The number of benzene rings is 4. The molecule has 4 aromatic carbocycles. The van der Waals surface area contributed by atoms with Crippen molar-refractivity contribution < 1.29 is 10.2 Å². The number of hydrogen-bond acceptors (Lipinski definition) is 2. The van der Waals surface area contributed by atoms with E-state index in [1.807, 2.05) is 0 Å². The maximum atomic E-state index is 7.57. The summed E-state index contributed by atoms with van der Waals surface area (Å²) in [6.07, 6.45) is 2.50. The summed E-state index contributed by atoms with van der Waals surface area (Å²) in [5.41, 5.74) is 2.61. The number of aliphatic hydroxyl groups is 2. The Morgan fingerprint density at radius 1 is 0.438 bits per heavy atom. The van der Waals surface area contributed by atoms with Crippen molar-refractivity contribution in [2.24, 2.45) is 0 Å². The first-order valence-corrected chi connectivity index (χ1v) is 11.8. The first kappa shape index (κ1) is 29.3. The summed E-state index contributed by atoms with van der Waals surface area (Å²) in [5.74, 6) is 0. The van der Waals surface area contributed by atoms with Crippen molar-refractivity contribution in [2.75, 3.05) is 13.2 Å². The van der Waals surface area contributed by atoms with Gasteiger partial charge in [-0.15, -0.1) is 0 Å². The van der Waals surface area contributed by atoms with Gasteiger partial charge in [0.15, 0.2) is 0 Å². The standard InChI is InChI=1S/C20H14.2C3H8.2C2H6O/c1-3-11-17-15(7-1)9-5-13-19(17)20-14-6-10-16-8-2-4-12-18(16)20;2*1-3-2;2*1-2-3/h1-14H;2*3H2,1-2H3;2*3H,2H2,1H3. The smallest absolute Gasteiger partial charge is 0.0402 e. The normalized spacial score (nSPS) is 9.12. The fraction of sp³-hybridized carbons (Fsp3) is 0.333. The number of hydrogen-bond donors (Lipinski definition) is 2. The summed E-state index contributed by atoms with van der Waals surface area (Å²) in [7, 11) is 0. The van der Waals surface area contributed by atoms with E-state index in [9.17, 15) is 0 Å². The molecule has 0 saturated heterocycles. The van der Waals surface area contributed by atoms with Crippen LogP contribution in [0, 0.1) is 0 Å². The second-order valence-electron chi connectivity index (χ2n) is 7.10. The van der Waals surface area contributed by atoms with E-state index in [0.29, 0.717) is 0 Å². The predicted octanol–water partition coefficient (Wildman–Crippen LogP) is 8.49. The third kappa shape index (κ3) is 10.1. The molecule has 0 aliphatic heterocycles. The van der Waals surface area contributed by atoms with Crippen LogP contribution >= 0.6 is 0 Å². The second-order valence-corrected chi connectivity index (χ2v) is 7.10. The van der Waals surface area contributed by atoms with Gasteiger partial charge in [-0.2, -0.15) is 0 Å². The minimum Gasteiger partial charge on any atom is -0.397 e. The molecule has 0 atom stereocenters. The van der Waals surface area contributed by atoms with E-state index in [2.05, 4.69) is 113 Å². The monoisotopic (exact) mass is 434 g/mol. The fourth-order valence-corrected chi connectivity index (χ4v) is 2.92. The summed E-state index contributed by atoms with van der Waals surface area (Å²) in [6.45, 7) is 12.4. The van der Waals surface area contributed by atoms with Crippen LogP contribution in [0.2, 0.25) is 0 Å². The molecule has 0 amide bonds. The Balaban J connectivity index is 0.000000680. The Hall–Kier alpha value is -2.68. The molecule has 4 aromatic rings. The molecule has 32 heavy (non-hydrogen) atoms. The van der Waals surface area contributed by atoms with Crippen molar-refractivity contribution in [3.8, 4) is 11.1 Å². The van der Waals surface area contributed by atoms with Crippen molar-refractivity contribution >= 4 is 21.5 Å². The van der Waals surface area contributed by atoms with Gasteiger partial charge < -0.3 is 10.2 Å². The number of rotatable bonds is 1. The quantitative estimate of drug-likeness (QED) is 0.315. The van der Waals surface area contributed by atoms with Crippen LogP contribution in [0.3, 0.4) is 0 Å². The minimum absolute atomic E-state index is 0.250. The van der Waals surface area contributed by atoms with Gasteiger partial charge in [-0.05, 0) is 46.5 Å². The zero-order valence-electron chi connectivity index (χ0n) is 20.8. The van der Waals surface area contributed by atoms with Gasteiger partial charge in [-0.1, -0.05) is 125 Å². The van der Waals surface area contributed by atoms with Gasteiger partial charge in [0, 0.05) is 13.2 Å². The SMILES string of the molecule is CCC.CCC.CCO.CCO.c1ccc2c(-c3cccc4ccccc34)cccc2c1. The van der Waals surface area contributed by atoms with Crippen molar-refractivity contribution in [1.82, 2.24) is 0 Å². The molecule has 0 aromatic heterocycles. The van der Waals surface area contributed by atoms with Gasteiger partial charge >= 0.3 is 0 Å². The topological polar surface area (TPSA) is 40.5 Å². The Labute approximate surface area is 195 Å². The highest BCUT2D eigenvalue weighted by Gasteiger charge is 2.06. The van der Waals surface area contributed by atoms with E-state index in [1.165, 1.54) is 45.5 Å². The highest BCUT2D eigenvalue weighted by Crippen LogP contribution is 2.33. The maximum absolute atomic E-state index is 7.57. The molecule has 0 aliphatic rings. The molecule has 0 radical (unpaired) electrons. The van der Waals surface area contributed by atoms with Crippen molar-refractivity contribution in [1.29, 1.82) is 0 Å².